The van der Waals surface area contributed by atoms with Crippen molar-refractivity contribution < 1.29 is 19.4 Å². The van der Waals surface area contributed by atoms with E-state index in [4.69, 9.17) is 20.3 Å². The zero-order valence-electron chi connectivity index (χ0n) is 9.89. The predicted molar refractivity (Wildman–Crippen MR) is 64.5 cm³/mol. The van der Waals surface area contributed by atoms with Crippen LogP contribution in [0.25, 0.3) is 0 Å². The van der Waals surface area contributed by atoms with Crippen LogP contribution >= 0.6 is 0 Å². The monoisotopic (exact) mass is 252 g/mol. The average Bonchev–Trinajstić information content (AvgIpc) is 2.81. The molecule has 1 atom stereocenters. The maximum atomic E-state index is 10.5. The summed E-state index contributed by atoms with van der Waals surface area (Å²) in [5, 5.41) is 11.8. The summed E-state index contributed by atoms with van der Waals surface area (Å²) < 4.78 is 10.5. The van der Waals surface area contributed by atoms with Crippen molar-refractivity contribution >= 4 is 5.97 Å². The Balaban J connectivity index is 1.75. The second-order valence-electron chi connectivity index (χ2n) is 4.10. The average molecular weight is 252 g/mol. The van der Waals surface area contributed by atoms with E-state index in [2.05, 4.69) is 5.32 Å². The predicted octanol–water partition coefficient (Wildman–Crippen LogP) is 0.307. The molecule has 1 heterocycles. The summed E-state index contributed by atoms with van der Waals surface area (Å²) in [7, 11) is 0. The first-order valence-corrected chi connectivity index (χ1v) is 5.74. The maximum absolute atomic E-state index is 10.5. The highest BCUT2D eigenvalue weighted by Gasteiger charge is 2.13. The van der Waals surface area contributed by atoms with Crippen molar-refractivity contribution in [3.63, 3.8) is 0 Å². The zero-order valence-corrected chi connectivity index (χ0v) is 9.89. The first-order chi connectivity index (χ1) is 8.66. The van der Waals surface area contributed by atoms with Crippen LogP contribution in [0, 0.1) is 0 Å². The minimum atomic E-state index is -0.972. The molecule has 1 aliphatic heterocycles. The molecule has 2 rings (SSSR count). The van der Waals surface area contributed by atoms with E-state index in [0.717, 1.165) is 17.1 Å². The van der Waals surface area contributed by atoms with Crippen LogP contribution in [0.2, 0.25) is 0 Å². The number of carboxylic acids is 1. The van der Waals surface area contributed by atoms with E-state index in [9.17, 15) is 4.79 Å². The molecule has 98 valence electrons. The number of carbonyl (C=O) groups is 1. The second kappa shape index (κ2) is 5.70. The van der Waals surface area contributed by atoms with Gasteiger partial charge in [-0.2, -0.15) is 0 Å². The van der Waals surface area contributed by atoms with Gasteiger partial charge in [-0.25, -0.2) is 0 Å². The zero-order chi connectivity index (χ0) is 13.0. The molecule has 6 heteroatoms. The maximum Gasteiger partial charge on any atom is 0.320 e. The van der Waals surface area contributed by atoms with Gasteiger partial charge in [-0.1, -0.05) is 6.07 Å². The van der Waals surface area contributed by atoms with Crippen LogP contribution < -0.4 is 20.5 Å². The van der Waals surface area contributed by atoms with Crippen molar-refractivity contribution in [1.29, 1.82) is 0 Å². The van der Waals surface area contributed by atoms with Gasteiger partial charge in [0.2, 0.25) is 6.79 Å². The molecule has 0 saturated heterocycles. The molecule has 0 aliphatic carbocycles. The quantitative estimate of drug-likeness (QED) is 0.631. The van der Waals surface area contributed by atoms with Gasteiger partial charge >= 0.3 is 5.97 Å². The summed E-state index contributed by atoms with van der Waals surface area (Å²) >= 11 is 0. The van der Waals surface area contributed by atoms with Gasteiger partial charge in [-0.05, 0) is 30.7 Å². The van der Waals surface area contributed by atoms with Gasteiger partial charge in [0.05, 0.1) is 0 Å². The van der Waals surface area contributed by atoms with Crippen LogP contribution in [0.4, 0.5) is 0 Å². The molecule has 0 amide bonds. The number of ether oxygens (including phenoxy) is 2. The molecule has 1 aliphatic rings. The number of benzene rings is 1. The molecule has 0 bridgehead atoms. The van der Waals surface area contributed by atoms with Gasteiger partial charge < -0.3 is 25.6 Å². The lowest BCUT2D eigenvalue weighted by atomic mass is 10.2. The summed E-state index contributed by atoms with van der Waals surface area (Å²) in [6, 6.07) is 4.90. The largest absolute Gasteiger partial charge is 0.480 e. The van der Waals surface area contributed by atoms with Crippen molar-refractivity contribution in [2.75, 3.05) is 13.3 Å². The van der Waals surface area contributed by atoms with Crippen molar-refractivity contribution in [3.05, 3.63) is 23.8 Å². The minimum Gasteiger partial charge on any atom is -0.480 e. The fourth-order valence-electron chi connectivity index (χ4n) is 1.66. The molecule has 18 heavy (non-hydrogen) atoms. The molecule has 0 fully saturated rings. The molecule has 4 N–H and O–H groups in total. The normalized spacial score (nSPS) is 14.5. The third-order valence-corrected chi connectivity index (χ3v) is 2.72. The fourth-order valence-corrected chi connectivity index (χ4v) is 1.66. The summed E-state index contributed by atoms with van der Waals surface area (Å²) in [6.45, 7) is 1.46. The highest BCUT2D eigenvalue weighted by molar-refractivity contribution is 5.72. The van der Waals surface area contributed by atoms with Crippen LogP contribution in [-0.2, 0) is 11.3 Å². The topological polar surface area (TPSA) is 93.8 Å². The highest BCUT2D eigenvalue weighted by atomic mass is 16.7. The number of nitrogens with two attached hydrogens (primary N) is 1. The molecule has 0 aromatic heterocycles. The molecule has 0 saturated carbocycles. The molecule has 0 radical (unpaired) electrons. The van der Waals surface area contributed by atoms with Gasteiger partial charge in [-0.3, -0.25) is 4.79 Å². The molecule has 0 spiro atoms. The Bertz CT molecular complexity index is 436. The third kappa shape index (κ3) is 3.12. The van der Waals surface area contributed by atoms with Crippen molar-refractivity contribution in [3.8, 4) is 11.5 Å². The number of aliphatic carboxylic acids is 1. The first-order valence-electron chi connectivity index (χ1n) is 5.74. The molecular weight excluding hydrogens is 236 g/mol. The van der Waals surface area contributed by atoms with E-state index in [1.807, 2.05) is 18.2 Å². The van der Waals surface area contributed by atoms with Crippen LogP contribution in [0.5, 0.6) is 11.5 Å². The van der Waals surface area contributed by atoms with Gasteiger partial charge in [0.1, 0.15) is 6.04 Å². The lowest BCUT2D eigenvalue weighted by molar-refractivity contribution is -0.138. The highest BCUT2D eigenvalue weighted by Crippen LogP contribution is 2.32. The Hall–Kier alpha value is -1.79. The van der Waals surface area contributed by atoms with E-state index in [1.54, 1.807) is 0 Å². The van der Waals surface area contributed by atoms with E-state index in [0.29, 0.717) is 19.5 Å². The van der Waals surface area contributed by atoms with Crippen LogP contribution in [0.15, 0.2) is 18.2 Å². The lowest BCUT2D eigenvalue weighted by Crippen LogP contribution is -2.33. The van der Waals surface area contributed by atoms with Gasteiger partial charge in [0.25, 0.3) is 0 Å². The van der Waals surface area contributed by atoms with E-state index in [1.165, 1.54) is 0 Å². The van der Waals surface area contributed by atoms with Crippen LogP contribution in [0.1, 0.15) is 12.0 Å². The Morgan fingerprint density at radius 3 is 3.00 bits per heavy atom. The summed E-state index contributed by atoms with van der Waals surface area (Å²) in [5.41, 5.74) is 6.45. The molecule has 1 aromatic rings. The van der Waals surface area contributed by atoms with E-state index >= 15 is 0 Å². The Morgan fingerprint density at radius 1 is 1.44 bits per heavy atom. The number of hydrogen-bond donors (Lipinski definition) is 3. The second-order valence-corrected chi connectivity index (χ2v) is 4.10. The number of fused-ring (bicyclic) bond motifs is 1. The number of hydrogen-bond acceptors (Lipinski definition) is 5. The van der Waals surface area contributed by atoms with Crippen LogP contribution in [-0.4, -0.2) is 30.5 Å². The van der Waals surface area contributed by atoms with Gasteiger partial charge in [-0.15, -0.1) is 0 Å². The Labute approximate surface area is 105 Å². The molecule has 1 aromatic carbocycles. The van der Waals surface area contributed by atoms with Crippen molar-refractivity contribution in [1.82, 2.24) is 5.32 Å². The number of nitrogens with one attached hydrogen (secondary N) is 1. The van der Waals surface area contributed by atoms with Crippen LogP contribution in [0.3, 0.4) is 0 Å². The van der Waals surface area contributed by atoms with Crippen molar-refractivity contribution in [2.24, 2.45) is 5.73 Å². The fraction of sp³-hybridized carbons (Fsp3) is 0.417. The smallest absolute Gasteiger partial charge is 0.320 e. The SMILES string of the molecule is NC(CCNCc1ccc2c(c1)OCO2)C(=O)O. The number of carboxylic acid groups (broad SMARTS) is 1. The number of rotatable bonds is 6. The summed E-state index contributed by atoms with van der Waals surface area (Å²) in [4.78, 5) is 10.5. The molecular formula is C12H16N2O4. The van der Waals surface area contributed by atoms with E-state index < -0.39 is 12.0 Å². The standard InChI is InChI=1S/C12H16N2O4/c13-9(12(15)16)3-4-14-6-8-1-2-10-11(5-8)18-7-17-10/h1-2,5,9,14H,3-4,6-7,13H2,(H,15,16). The van der Waals surface area contributed by atoms with Gasteiger partial charge in [0.15, 0.2) is 11.5 Å². The molecule has 6 nitrogen and oxygen atoms in total. The summed E-state index contributed by atoms with van der Waals surface area (Å²) in [6.07, 6.45) is 0.403. The van der Waals surface area contributed by atoms with Crippen molar-refractivity contribution in [2.45, 2.75) is 19.0 Å². The van der Waals surface area contributed by atoms with E-state index in [-0.39, 0.29) is 6.79 Å². The summed E-state index contributed by atoms with van der Waals surface area (Å²) in [5.74, 6) is 0.531. The Morgan fingerprint density at radius 2 is 2.22 bits per heavy atom. The first kappa shape index (κ1) is 12.7. The third-order valence-electron chi connectivity index (χ3n) is 2.72. The Kier molecular flexibility index (Phi) is 4.01. The minimum absolute atomic E-state index is 0.264. The molecule has 1 unspecified atom stereocenters. The van der Waals surface area contributed by atoms with Gasteiger partial charge in [0, 0.05) is 6.54 Å². The lowest BCUT2D eigenvalue weighted by Gasteiger charge is -2.08.